The summed E-state index contributed by atoms with van der Waals surface area (Å²) in [5.41, 5.74) is 0.907. The van der Waals surface area contributed by atoms with Crippen LogP contribution in [-0.4, -0.2) is 30.6 Å². The van der Waals surface area contributed by atoms with Crippen LogP contribution in [-0.2, 0) is 0 Å². The van der Waals surface area contributed by atoms with E-state index in [0.29, 0.717) is 17.3 Å². The van der Waals surface area contributed by atoms with Gasteiger partial charge in [-0.05, 0) is 19.1 Å². The summed E-state index contributed by atoms with van der Waals surface area (Å²) in [4.78, 5) is 12.6. The fourth-order valence-electron chi connectivity index (χ4n) is 2.16. The van der Waals surface area contributed by atoms with E-state index in [-0.39, 0.29) is 5.69 Å². The van der Waals surface area contributed by atoms with Crippen LogP contribution >= 0.6 is 0 Å². The first-order chi connectivity index (χ1) is 8.61. The number of nitro benzene ring substituents is 1. The molecule has 0 saturated carbocycles. The molecular weight excluding hydrogens is 232 g/mol. The number of hydrogen-bond donors (Lipinski definition) is 1. The molecule has 0 aliphatic carbocycles. The quantitative estimate of drug-likeness (QED) is 0.627. The van der Waals surface area contributed by atoms with E-state index in [2.05, 4.69) is 5.32 Å². The molecule has 0 aromatic heterocycles. The third-order valence-corrected chi connectivity index (χ3v) is 3.01. The summed E-state index contributed by atoms with van der Waals surface area (Å²) in [7, 11) is 0. The highest BCUT2D eigenvalue weighted by Crippen LogP contribution is 2.29. The molecule has 1 aliphatic rings. The van der Waals surface area contributed by atoms with Crippen molar-refractivity contribution in [1.82, 2.24) is 5.32 Å². The molecule has 94 valence electrons. The van der Waals surface area contributed by atoms with Gasteiger partial charge in [0.25, 0.3) is 5.69 Å². The minimum atomic E-state index is -0.428. The SMILES string of the molecule is CC1CN(c2ccc(C#N)cc2[N+](=O)[O-])CCN1. The highest BCUT2D eigenvalue weighted by molar-refractivity contribution is 5.66. The van der Waals surface area contributed by atoms with Crippen LogP contribution in [0.25, 0.3) is 0 Å². The van der Waals surface area contributed by atoms with Gasteiger partial charge in [0.05, 0.1) is 16.6 Å². The zero-order valence-corrected chi connectivity index (χ0v) is 10.1. The molecule has 6 nitrogen and oxygen atoms in total. The van der Waals surface area contributed by atoms with Gasteiger partial charge < -0.3 is 10.2 Å². The fraction of sp³-hybridized carbons (Fsp3) is 0.417. The molecule has 6 heteroatoms. The Hall–Kier alpha value is -2.13. The van der Waals surface area contributed by atoms with E-state index in [0.717, 1.165) is 19.6 Å². The van der Waals surface area contributed by atoms with Gasteiger partial charge in [0, 0.05) is 31.7 Å². The van der Waals surface area contributed by atoms with E-state index < -0.39 is 4.92 Å². The number of hydrogen-bond acceptors (Lipinski definition) is 5. The zero-order valence-electron chi connectivity index (χ0n) is 10.1. The lowest BCUT2D eigenvalue weighted by Crippen LogP contribution is -2.49. The number of anilines is 1. The summed E-state index contributed by atoms with van der Waals surface area (Å²) in [5, 5.41) is 23.1. The molecule has 1 aliphatic heterocycles. The molecule has 1 aromatic carbocycles. The average molecular weight is 246 g/mol. The minimum absolute atomic E-state index is 0.00292. The van der Waals surface area contributed by atoms with Crippen molar-refractivity contribution in [3.8, 4) is 6.07 Å². The van der Waals surface area contributed by atoms with E-state index in [1.54, 1.807) is 12.1 Å². The number of piperazine rings is 1. The molecule has 0 bridgehead atoms. The van der Waals surface area contributed by atoms with E-state index in [9.17, 15) is 10.1 Å². The molecule has 18 heavy (non-hydrogen) atoms. The minimum Gasteiger partial charge on any atom is -0.363 e. The van der Waals surface area contributed by atoms with Crippen molar-refractivity contribution in [2.75, 3.05) is 24.5 Å². The van der Waals surface area contributed by atoms with Crippen LogP contribution in [0, 0.1) is 21.4 Å². The van der Waals surface area contributed by atoms with Crippen molar-refractivity contribution in [2.45, 2.75) is 13.0 Å². The van der Waals surface area contributed by atoms with Gasteiger partial charge in [-0.1, -0.05) is 0 Å². The summed E-state index contributed by atoms with van der Waals surface area (Å²) in [6, 6.07) is 6.84. The lowest BCUT2D eigenvalue weighted by Gasteiger charge is -2.33. The first-order valence-corrected chi connectivity index (χ1v) is 5.78. The maximum atomic E-state index is 11.1. The summed E-state index contributed by atoms with van der Waals surface area (Å²) in [6.07, 6.45) is 0. The van der Waals surface area contributed by atoms with Crippen molar-refractivity contribution in [2.24, 2.45) is 0 Å². The number of nitro groups is 1. The Labute approximate surface area is 105 Å². The Morgan fingerprint density at radius 3 is 3.00 bits per heavy atom. The van der Waals surface area contributed by atoms with Crippen LogP contribution in [0.5, 0.6) is 0 Å². The molecule has 2 rings (SSSR count). The summed E-state index contributed by atoms with van der Waals surface area (Å²) in [5.74, 6) is 0. The second-order valence-corrected chi connectivity index (χ2v) is 4.37. The first-order valence-electron chi connectivity index (χ1n) is 5.78. The van der Waals surface area contributed by atoms with E-state index in [4.69, 9.17) is 5.26 Å². The van der Waals surface area contributed by atoms with Crippen LogP contribution in [0.2, 0.25) is 0 Å². The number of nitrogens with zero attached hydrogens (tertiary/aromatic N) is 3. The van der Waals surface area contributed by atoms with Crippen molar-refractivity contribution in [3.63, 3.8) is 0 Å². The topological polar surface area (TPSA) is 82.2 Å². The normalized spacial score (nSPS) is 19.3. The summed E-state index contributed by atoms with van der Waals surface area (Å²) < 4.78 is 0. The predicted octanol–water partition coefficient (Wildman–Crippen LogP) is 1.26. The van der Waals surface area contributed by atoms with Crippen molar-refractivity contribution in [1.29, 1.82) is 5.26 Å². The molecule has 1 aromatic rings. The molecule has 0 radical (unpaired) electrons. The Balaban J connectivity index is 2.37. The second-order valence-electron chi connectivity index (χ2n) is 4.37. The van der Waals surface area contributed by atoms with Gasteiger partial charge in [0.2, 0.25) is 0 Å². The third-order valence-electron chi connectivity index (χ3n) is 3.01. The molecule has 0 spiro atoms. The fourth-order valence-corrected chi connectivity index (χ4v) is 2.16. The lowest BCUT2D eigenvalue weighted by molar-refractivity contribution is -0.384. The van der Waals surface area contributed by atoms with E-state index in [1.165, 1.54) is 6.07 Å². The van der Waals surface area contributed by atoms with Crippen LogP contribution in [0.4, 0.5) is 11.4 Å². The first kappa shape index (κ1) is 12.3. The summed E-state index contributed by atoms with van der Waals surface area (Å²) >= 11 is 0. The zero-order chi connectivity index (χ0) is 13.1. The van der Waals surface area contributed by atoms with Gasteiger partial charge >= 0.3 is 0 Å². The monoisotopic (exact) mass is 246 g/mol. The average Bonchev–Trinajstić information content (AvgIpc) is 2.38. The molecule has 1 heterocycles. The van der Waals surface area contributed by atoms with Crippen LogP contribution in [0.15, 0.2) is 18.2 Å². The van der Waals surface area contributed by atoms with Gasteiger partial charge in [-0.15, -0.1) is 0 Å². The number of rotatable bonds is 2. The molecule has 1 atom stereocenters. The van der Waals surface area contributed by atoms with E-state index >= 15 is 0 Å². The second kappa shape index (κ2) is 5.02. The molecule has 1 N–H and O–H groups in total. The van der Waals surface area contributed by atoms with Crippen LogP contribution in [0.1, 0.15) is 12.5 Å². The van der Waals surface area contributed by atoms with Crippen molar-refractivity contribution >= 4 is 11.4 Å². The smallest absolute Gasteiger partial charge is 0.293 e. The van der Waals surface area contributed by atoms with E-state index in [1.807, 2.05) is 17.9 Å². The molecule has 0 amide bonds. The number of nitriles is 1. The largest absolute Gasteiger partial charge is 0.363 e. The van der Waals surface area contributed by atoms with Gasteiger partial charge in [-0.2, -0.15) is 5.26 Å². The Morgan fingerprint density at radius 2 is 2.39 bits per heavy atom. The van der Waals surface area contributed by atoms with Gasteiger partial charge in [-0.3, -0.25) is 10.1 Å². The van der Waals surface area contributed by atoms with Gasteiger partial charge in [0.1, 0.15) is 5.69 Å². The Kier molecular flexibility index (Phi) is 3.44. The van der Waals surface area contributed by atoms with Crippen molar-refractivity contribution < 1.29 is 4.92 Å². The Morgan fingerprint density at radius 1 is 1.61 bits per heavy atom. The van der Waals surface area contributed by atoms with Crippen LogP contribution < -0.4 is 10.2 Å². The molecule has 1 saturated heterocycles. The van der Waals surface area contributed by atoms with Gasteiger partial charge in [-0.25, -0.2) is 0 Å². The standard InChI is InChI=1S/C12H14N4O2/c1-9-8-15(5-4-14-9)11-3-2-10(7-13)6-12(11)16(17)18/h2-3,6,9,14H,4-5,8H2,1H3. The van der Waals surface area contributed by atoms with Crippen LogP contribution in [0.3, 0.4) is 0 Å². The maximum absolute atomic E-state index is 11.1. The third kappa shape index (κ3) is 2.41. The number of benzene rings is 1. The predicted molar refractivity (Wildman–Crippen MR) is 67.5 cm³/mol. The van der Waals surface area contributed by atoms with Gasteiger partial charge in [0.15, 0.2) is 0 Å². The summed E-state index contributed by atoms with van der Waals surface area (Å²) in [6.45, 7) is 4.31. The number of nitrogens with one attached hydrogen (secondary N) is 1. The van der Waals surface area contributed by atoms with Crippen molar-refractivity contribution in [3.05, 3.63) is 33.9 Å². The highest BCUT2D eigenvalue weighted by Gasteiger charge is 2.23. The maximum Gasteiger partial charge on any atom is 0.293 e. The molecular formula is C12H14N4O2. The lowest BCUT2D eigenvalue weighted by atomic mass is 10.1. The Bertz CT molecular complexity index is 509. The molecule has 1 unspecified atom stereocenters. The molecule has 1 fully saturated rings. The highest BCUT2D eigenvalue weighted by atomic mass is 16.6.